The molecule has 0 radical (unpaired) electrons. The third-order valence-electron chi connectivity index (χ3n) is 2.21. The molecule has 0 spiro atoms. The number of aromatic carboxylic acids is 1. The first-order valence-electron chi connectivity index (χ1n) is 5.09. The number of imidazole rings is 1. The molecule has 2 aromatic rings. The van der Waals surface area contributed by atoms with Crippen LogP contribution in [0.15, 0.2) is 35.9 Å². The van der Waals surface area contributed by atoms with E-state index in [1.807, 2.05) is 0 Å². The van der Waals surface area contributed by atoms with Gasteiger partial charge in [0.2, 0.25) is 0 Å². The lowest BCUT2D eigenvalue weighted by molar-refractivity contribution is 0.0692. The molecule has 0 aromatic carbocycles. The van der Waals surface area contributed by atoms with E-state index in [9.17, 15) is 13.2 Å². The van der Waals surface area contributed by atoms with Gasteiger partial charge < -0.3 is 9.67 Å². The average molecular weight is 282 g/mol. The Morgan fingerprint density at radius 2 is 2.16 bits per heavy atom. The number of anilines is 1. The number of hydrogen-bond acceptors (Lipinski definition) is 5. The Hall–Kier alpha value is -2.42. The summed E-state index contributed by atoms with van der Waals surface area (Å²) in [7, 11) is -2.31. The van der Waals surface area contributed by atoms with Crippen LogP contribution in [0.3, 0.4) is 0 Å². The molecule has 9 heteroatoms. The first-order chi connectivity index (χ1) is 8.90. The van der Waals surface area contributed by atoms with E-state index in [0.29, 0.717) is 0 Å². The standard InChI is InChI=1S/C10H10N4O4S/c1-14-5-8(12-6-14)19(17,18)13-7-3-2-4-11-9(7)10(15)16/h2-6,13H,1H3,(H,15,16). The topological polar surface area (TPSA) is 114 Å². The minimum Gasteiger partial charge on any atom is -0.476 e. The maximum atomic E-state index is 12.0. The van der Waals surface area contributed by atoms with Gasteiger partial charge in [0.25, 0.3) is 10.0 Å². The monoisotopic (exact) mass is 282 g/mol. The van der Waals surface area contributed by atoms with Crippen molar-refractivity contribution in [1.29, 1.82) is 0 Å². The smallest absolute Gasteiger partial charge is 0.356 e. The number of pyridine rings is 1. The fourth-order valence-corrected chi connectivity index (χ4v) is 2.43. The zero-order valence-electron chi connectivity index (χ0n) is 9.81. The summed E-state index contributed by atoms with van der Waals surface area (Å²) in [6.45, 7) is 0. The van der Waals surface area contributed by atoms with Gasteiger partial charge in [0.15, 0.2) is 10.7 Å². The number of aryl methyl sites for hydroxylation is 1. The first kappa shape index (κ1) is 13.0. The third-order valence-corrected chi connectivity index (χ3v) is 3.46. The van der Waals surface area contributed by atoms with E-state index in [1.165, 1.54) is 35.4 Å². The van der Waals surface area contributed by atoms with E-state index < -0.39 is 16.0 Å². The van der Waals surface area contributed by atoms with E-state index in [-0.39, 0.29) is 16.4 Å². The summed E-state index contributed by atoms with van der Waals surface area (Å²) in [5, 5.41) is 8.72. The van der Waals surface area contributed by atoms with Gasteiger partial charge in [-0.25, -0.2) is 14.8 Å². The molecule has 0 fully saturated rings. The molecule has 0 aliphatic rings. The van der Waals surface area contributed by atoms with E-state index >= 15 is 0 Å². The molecule has 2 heterocycles. The Bertz CT molecular complexity index is 723. The molecule has 0 unspecified atom stereocenters. The van der Waals surface area contributed by atoms with Gasteiger partial charge in [0.1, 0.15) is 0 Å². The largest absolute Gasteiger partial charge is 0.476 e. The molecule has 0 atom stereocenters. The summed E-state index contributed by atoms with van der Waals surface area (Å²) < 4.78 is 27.6. The summed E-state index contributed by atoms with van der Waals surface area (Å²) >= 11 is 0. The van der Waals surface area contributed by atoms with Gasteiger partial charge in [0.05, 0.1) is 12.0 Å². The van der Waals surface area contributed by atoms with Crippen LogP contribution in [0.5, 0.6) is 0 Å². The van der Waals surface area contributed by atoms with E-state index in [4.69, 9.17) is 5.11 Å². The highest BCUT2D eigenvalue weighted by molar-refractivity contribution is 7.92. The number of hydrogen-bond donors (Lipinski definition) is 2. The molecule has 0 amide bonds. The van der Waals surface area contributed by atoms with Crippen molar-refractivity contribution in [2.75, 3.05) is 4.72 Å². The predicted octanol–water partition coefficient (Wildman–Crippen LogP) is 0.314. The lowest BCUT2D eigenvalue weighted by Gasteiger charge is -2.07. The highest BCUT2D eigenvalue weighted by Gasteiger charge is 2.20. The molecule has 2 aromatic heterocycles. The molecule has 2 rings (SSSR count). The third kappa shape index (κ3) is 2.71. The summed E-state index contributed by atoms with van der Waals surface area (Å²) in [4.78, 5) is 18.2. The number of carboxylic acid groups (broad SMARTS) is 1. The van der Waals surface area contributed by atoms with Crippen molar-refractivity contribution in [3.05, 3.63) is 36.5 Å². The van der Waals surface area contributed by atoms with Gasteiger partial charge in [-0.05, 0) is 12.1 Å². The van der Waals surface area contributed by atoms with Crippen molar-refractivity contribution in [3.63, 3.8) is 0 Å². The summed E-state index contributed by atoms with van der Waals surface area (Å²) in [5.41, 5.74) is -0.484. The Balaban J connectivity index is 2.39. The van der Waals surface area contributed by atoms with Crippen molar-refractivity contribution >= 4 is 21.7 Å². The maximum Gasteiger partial charge on any atom is 0.356 e. The van der Waals surface area contributed by atoms with Crippen LogP contribution in [0, 0.1) is 0 Å². The van der Waals surface area contributed by atoms with Gasteiger partial charge in [-0.3, -0.25) is 4.72 Å². The average Bonchev–Trinajstić information content (AvgIpc) is 2.76. The van der Waals surface area contributed by atoms with Gasteiger partial charge >= 0.3 is 5.97 Å². The number of carbonyl (C=O) groups is 1. The van der Waals surface area contributed by atoms with Crippen molar-refractivity contribution in [2.45, 2.75) is 5.03 Å². The molecule has 0 aliphatic carbocycles. The number of sulfonamides is 1. The fourth-order valence-electron chi connectivity index (χ4n) is 1.38. The Labute approximate surface area is 108 Å². The Morgan fingerprint density at radius 1 is 1.42 bits per heavy atom. The van der Waals surface area contributed by atoms with E-state index in [2.05, 4.69) is 14.7 Å². The van der Waals surface area contributed by atoms with Gasteiger partial charge in [-0.2, -0.15) is 8.42 Å². The quantitative estimate of drug-likeness (QED) is 0.834. The maximum absolute atomic E-state index is 12.0. The molecule has 100 valence electrons. The van der Waals surface area contributed by atoms with Crippen LogP contribution in [0.2, 0.25) is 0 Å². The predicted molar refractivity (Wildman–Crippen MR) is 65.2 cm³/mol. The second-order valence-electron chi connectivity index (χ2n) is 3.69. The molecule has 19 heavy (non-hydrogen) atoms. The minimum atomic E-state index is -3.93. The fraction of sp³-hybridized carbons (Fsp3) is 0.100. The molecule has 8 nitrogen and oxygen atoms in total. The van der Waals surface area contributed by atoms with Crippen LogP contribution >= 0.6 is 0 Å². The van der Waals surface area contributed by atoms with Crippen LogP contribution in [0.25, 0.3) is 0 Å². The van der Waals surface area contributed by atoms with E-state index in [1.54, 1.807) is 7.05 Å². The lowest BCUT2D eigenvalue weighted by atomic mass is 10.3. The van der Waals surface area contributed by atoms with Crippen LogP contribution in [-0.4, -0.2) is 34.0 Å². The highest BCUT2D eigenvalue weighted by Crippen LogP contribution is 2.17. The van der Waals surface area contributed by atoms with Crippen molar-refractivity contribution in [2.24, 2.45) is 7.05 Å². The normalized spacial score (nSPS) is 11.2. The molecular weight excluding hydrogens is 272 g/mol. The second kappa shape index (κ2) is 4.69. The van der Waals surface area contributed by atoms with Crippen LogP contribution in [0.1, 0.15) is 10.5 Å². The van der Waals surface area contributed by atoms with Crippen LogP contribution < -0.4 is 4.72 Å². The molecule has 0 aliphatic heterocycles. The molecule has 2 N–H and O–H groups in total. The number of nitrogens with zero attached hydrogens (tertiary/aromatic N) is 3. The summed E-state index contributed by atoms with van der Waals surface area (Å²) in [6, 6.07) is 2.75. The highest BCUT2D eigenvalue weighted by atomic mass is 32.2. The molecular formula is C10H10N4O4S. The van der Waals surface area contributed by atoms with Gasteiger partial charge in [0, 0.05) is 19.4 Å². The van der Waals surface area contributed by atoms with Crippen molar-refractivity contribution in [3.8, 4) is 0 Å². The second-order valence-corrected chi connectivity index (χ2v) is 5.32. The number of carboxylic acids is 1. The van der Waals surface area contributed by atoms with Crippen molar-refractivity contribution in [1.82, 2.24) is 14.5 Å². The zero-order valence-corrected chi connectivity index (χ0v) is 10.6. The summed E-state index contributed by atoms with van der Waals surface area (Å²) in [5.74, 6) is -1.32. The minimum absolute atomic E-state index is 0.111. The number of rotatable bonds is 4. The van der Waals surface area contributed by atoms with Crippen LogP contribution in [-0.2, 0) is 17.1 Å². The van der Waals surface area contributed by atoms with E-state index in [0.717, 1.165) is 0 Å². The Kier molecular flexibility index (Phi) is 3.21. The lowest BCUT2D eigenvalue weighted by Crippen LogP contribution is -2.16. The number of aromatic nitrogens is 3. The SMILES string of the molecule is Cn1cnc(S(=O)(=O)Nc2cccnc2C(=O)O)c1. The molecule has 0 bridgehead atoms. The number of nitrogens with one attached hydrogen (secondary N) is 1. The summed E-state index contributed by atoms with van der Waals surface area (Å²) in [6.07, 6.45) is 3.90. The van der Waals surface area contributed by atoms with Crippen molar-refractivity contribution < 1.29 is 18.3 Å². The first-order valence-corrected chi connectivity index (χ1v) is 6.57. The van der Waals surface area contributed by atoms with Crippen LogP contribution in [0.4, 0.5) is 5.69 Å². The van der Waals surface area contributed by atoms with Gasteiger partial charge in [-0.1, -0.05) is 0 Å². The molecule has 0 saturated heterocycles. The molecule has 0 saturated carbocycles. The zero-order chi connectivity index (χ0) is 14.0. The van der Waals surface area contributed by atoms with Gasteiger partial charge in [-0.15, -0.1) is 0 Å². The Morgan fingerprint density at radius 3 is 2.74 bits per heavy atom.